The third-order valence-corrected chi connectivity index (χ3v) is 1.08. The summed E-state index contributed by atoms with van der Waals surface area (Å²) in [6.07, 6.45) is 3.69. The average Bonchev–Trinajstić information content (AvgIpc) is 2.18. The minimum absolute atomic E-state index is 0.0508. The molecule has 3 nitrogen and oxygen atoms in total. The van der Waals surface area contributed by atoms with Gasteiger partial charge in [-0.05, 0) is 0 Å². The Hall–Kier alpha value is -1.12. The van der Waals surface area contributed by atoms with Gasteiger partial charge < -0.3 is 0 Å². The average molecular weight is 124 g/mol. The molecule has 1 aliphatic heterocycles. The maximum absolute atomic E-state index is 10.7. The van der Waals surface area contributed by atoms with Gasteiger partial charge in [-0.25, -0.2) is 5.01 Å². The smallest absolute Gasteiger partial charge is 0.248 e. The van der Waals surface area contributed by atoms with E-state index in [4.69, 9.17) is 0 Å². The number of hydrogen-bond donors (Lipinski definition) is 0. The van der Waals surface area contributed by atoms with Crippen molar-refractivity contribution < 1.29 is 4.79 Å². The van der Waals surface area contributed by atoms with Gasteiger partial charge >= 0.3 is 0 Å². The lowest BCUT2D eigenvalue weighted by molar-refractivity contribution is -0.128. The van der Waals surface area contributed by atoms with Crippen molar-refractivity contribution in [3.63, 3.8) is 0 Å². The Labute approximate surface area is 53.7 Å². The molecule has 1 aliphatic rings. The van der Waals surface area contributed by atoms with Crippen LogP contribution in [0.4, 0.5) is 0 Å². The second-order valence-electron chi connectivity index (χ2n) is 1.77. The van der Waals surface area contributed by atoms with E-state index in [0.717, 1.165) is 0 Å². The summed E-state index contributed by atoms with van der Waals surface area (Å²) < 4.78 is 0. The van der Waals surface area contributed by atoms with Gasteiger partial charge in [0, 0.05) is 6.21 Å². The van der Waals surface area contributed by atoms with Gasteiger partial charge in [-0.2, -0.15) is 5.10 Å². The Morgan fingerprint density at radius 1 is 2.00 bits per heavy atom. The minimum Gasteiger partial charge on any atom is -0.273 e. The molecule has 0 aromatic heterocycles. The number of nitrogens with zero attached hydrogens (tertiary/aromatic N) is 2. The first kappa shape index (κ1) is 6.01. The zero-order valence-corrected chi connectivity index (χ0v) is 5.08. The predicted octanol–water partition coefficient (Wildman–Crippen LogP) is 0.391. The summed E-state index contributed by atoms with van der Waals surface area (Å²) in [6.45, 7) is 4.01. The van der Waals surface area contributed by atoms with Crippen LogP contribution in [0.1, 0.15) is 6.42 Å². The Bertz CT molecular complexity index is 162. The quantitative estimate of drug-likeness (QED) is 0.490. The predicted molar refractivity (Wildman–Crippen MR) is 35.0 cm³/mol. The second-order valence-corrected chi connectivity index (χ2v) is 1.77. The van der Waals surface area contributed by atoms with E-state index in [1.54, 1.807) is 12.3 Å². The molecule has 1 amide bonds. The molecule has 0 fully saturated rings. The van der Waals surface area contributed by atoms with Crippen LogP contribution in [0.15, 0.2) is 17.8 Å². The molecule has 0 aromatic carbocycles. The van der Waals surface area contributed by atoms with Crippen LogP contribution in [-0.4, -0.2) is 23.7 Å². The Balaban J connectivity index is 2.48. The van der Waals surface area contributed by atoms with E-state index in [1.165, 1.54) is 5.01 Å². The fourth-order valence-corrected chi connectivity index (χ4v) is 0.658. The number of carbonyl (C=O) groups is 1. The molecule has 0 aliphatic carbocycles. The molecule has 9 heavy (non-hydrogen) atoms. The van der Waals surface area contributed by atoms with E-state index in [-0.39, 0.29) is 5.91 Å². The number of hydrazone groups is 1. The molecule has 1 rings (SSSR count). The van der Waals surface area contributed by atoms with E-state index in [2.05, 4.69) is 11.7 Å². The third-order valence-electron chi connectivity index (χ3n) is 1.08. The number of rotatable bonds is 2. The van der Waals surface area contributed by atoms with Crippen LogP contribution in [-0.2, 0) is 4.79 Å². The van der Waals surface area contributed by atoms with Crippen molar-refractivity contribution in [3.05, 3.63) is 12.7 Å². The van der Waals surface area contributed by atoms with Crippen LogP contribution in [0.5, 0.6) is 0 Å². The molecule has 0 atom stereocenters. The van der Waals surface area contributed by atoms with E-state index in [9.17, 15) is 4.79 Å². The summed E-state index contributed by atoms with van der Waals surface area (Å²) in [5.41, 5.74) is 0. The maximum Gasteiger partial charge on any atom is 0.248 e. The van der Waals surface area contributed by atoms with E-state index >= 15 is 0 Å². The highest BCUT2D eigenvalue weighted by Crippen LogP contribution is 2.00. The second kappa shape index (κ2) is 2.44. The SMILES string of the molecule is C=CCN1N=CCC1=O. The van der Waals surface area contributed by atoms with Crippen molar-refractivity contribution in [2.24, 2.45) is 5.10 Å². The first-order valence-corrected chi connectivity index (χ1v) is 2.78. The topological polar surface area (TPSA) is 32.7 Å². The van der Waals surface area contributed by atoms with Crippen LogP contribution in [0.25, 0.3) is 0 Å². The molecule has 0 unspecified atom stereocenters. The highest BCUT2D eigenvalue weighted by Gasteiger charge is 2.13. The van der Waals surface area contributed by atoms with Crippen molar-refractivity contribution in [2.45, 2.75) is 6.42 Å². The summed E-state index contributed by atoms with van der Waals surface area (Å²) in [7, 11) is 0. The zero-order chi connectivity index (χ0) is 6.69. The minimum atomic E-state index is 0.0508. The molecule has 3 heteroatoms. The third kappa shape index (κ3) is 1.16. The molecule has 0 radical (unpaired) electrons. The van der Waals surface area contributed by atoms with Gasteiger partial charge in [0.25, 0.3) is 0 Å². The summed E-state index contributed by atoms with van der Waals surface area (Å²) in [5.74, 6) is 0.0508. The molecular formula is C6H8N2O. The molecule has 48 valence electrons. The molecule has 0 saturated heterocycles. The molecule has 0 aromatic rings. The van der Waals surface area contributed by atoms with Gasteiger partial charge in [-0.3, -0.25) is 4.79 Å². The monoisotopic (exact) mass is 124 g/mol. The van der Waals surface area contributed by atoms with Crippen molar-refractivity contribution in [1.82, 2.24) is 5.01 Å². The summed E-state index contributed by atoms with van der Waals surface area (Å²) in [5, 5.41) is 5.19. The van der Waals surface area contributed by atoms with E-state index < -0.39 is 0 Å². The lowest BCUT2D eigenvalue weighted by Crippen LogP contribution is -2.20. The lowest BCUT2D eigenvalue weighted by Gasteiger charge is -2.06. The van der Waals surface area contributed by atoms with Gasteiger partial charge in [0.2, 0.25) is 5.91 Å². The lowest BCUT2D eigenvalue weighted by atomic mass is 10.4. The van der Waals surface area contributed by atoms with Crippen molar-refractivity contribution in [3.8, 4) is 0 Å². The zero-order valence-electron chi connectivity index (χ0n) is 5.08. The van der Waals surface area contributed by atoms with E-state index in [0.29, 0.717) is 13.0 Å². The van der Waals surface area contributed by atoms with Crippen molar-refractivity contribution >= 4 is 12.1 Å². The summed E-state index contributed by atoms with van der Waals surface area (Å²) in [6, 6.07) is 0. The van der Waals surface area contributed by atoms with Crippen LogP contribution >= 0.6 is 0 Å². The molecule has 0 N–H and O–H groups in total. The fourth-order valence-electron chi connectivity index (χ4n) is 0.658. The largest absolute Gasteiger partial charge is 0.273 e. The van der Waals surface area contributed by atoms with E-state index in [1.807, 2.05) is 0 Å². The van der Waals surface area contributed by atoms with Crippen molar-refractivity contribution in [1.29, 1.82) is 0 Å². The molecule has 1 heterocycles. The standard InChI is InChI=1S/C6H8N2O/c1-2-5-8-6(9)3-4-7-8/h2,4H,1,3,5H2. The van der Waals surface area contributed by atoms with Gasteiger partial charge in [-0.1, -0.05) is 6.08 Å². The first-order valence-electron chi connectivity index (χ1n) is 2.78. The molecule has 0 bridgehead atoms. The van der Waals surface area contributed by atoms with Gasteiger partial charge in [0.05, 0.1) is 13.0 Å². The van der Waals surface area contributed by atoms with Crippen LogP contribution in [0.2, 0.25) is 0 Å². The maximum atomic E-state index is 10.7. The highest BCUT2D eigenvalue weighted by atomic mass is 16.2. The normalized spacial score (nSPS) is 16.9. The summed E-state index contributed by atoms with van der Waals surface area (Å²) in [4.78, 5) is 10.7. The van der Waals surface area contributed by atoms with Gasteiger partial charge in [0.15, 0.2) is 0 Å². The van der Waals surface area contributed by atoms with Crippen LogP contribution in [0.3, 0.4) is 0 Å². The molecule has 0 saturated carbocycles. The first-order chi connectivity index (χ1) is 4.34. The molecule has 0 spiro atoms. The van der Waals surface area contributed by atoms with Crippen LogP contribution in [0, 0.1) is 0 Å². The molecular weight excluding hydrogens is 116 g/mol. The van der Waals surface area contributed by atoms with Gasteiger partial charge in [-0.15, -0.1) is 6.58 Å². The Morgan fingerprint density at radius 3 is 3.22 bits per heavy atom. The van der Waals surface area contributed by atoms with Crippen molar-refractivity contribution in [2.75, 3.05) is 6.54 Å². The fraction of sp³-hybridized carbons (Fsp3) is 0.333. The number of carbonyl (C=O) groups excluding carboxylic acids is 1. The Kier molecular flexibility index (Phi) is 1.63. The van der Waals surface area contributed by atoms with Gasteiger partial charge in [0.1, 0.15) is 0 Å². The summed E-state index contributed by atoms with van der Waals surface area (Å²) >= 11 is 0. The number of hydrogen-bond acceptors (Lipinski definition) is 2. The Morgan fingerprint density at radius 2 is 2.78 bits per heavy atom. The van der Waals surface area contributed by atoms with Crippen LogP contribution < -0.4 is 0 Å². The number of amides is 1. The highest BCUT2D eigenvalue weighted by molar-refractivity contribution is 5.93.